The Morgan fingerprint density at radius 2 is 1.89 bits per heavy atom. The summed E-state index contributed by atoms with van der Waals surface area (Å²) in [6.07, 6.45) is 4.50. The zero-order chi connectivity index (χ0) is 20.7. The van der Waals surface area contributed by atoms with Gasteiger partial charge in [-0.3, -0.25) is 9.59 Å². The van der Waals surface area contributed by atoms with Gasteiger partial charge in [-0.05, 0) is 58.1 Å². The van der Waals surface area contributed by atoms with Crippen LogP contribution in [-0.2, 0) is 14.3 Å². The molecule has 1 amide bonds. The Morgan fingerprint density at radius 3 is 2.50 bits per heavy atom. The fourth-order valence-corrected chi connectivity index (χ4v) is 3.87. The highest BCUT2D eigenvalue weighted by molar-refractivity contribution is 7.99. The minimum Gasteiger partial charge on any atom is -0.459 e. The van der Waals surface area contributed by atoms with Crippen molar-refractivity contribution in [2.24, 2.45) is 0 Å². The van der Waals surface area contributed by atoms with E-state index in [0.717, 1.165) is 12.8 Å². The topological polar surface area (TPSA) is 93.4 Å². The minimum absolute atomic E-state index is 0.0575. The molecular weight excluding hydrogens is 380 g/mol. The van der Waals surface area contributed by atoms with Crippen LogP contribution in [-0.4, -0.2) is 87.0 Å². The maximum Gasteiger partial charge on any atom is 0.326 e. The van der Waals surface area contributed by atoms with Gasteiger partial charge in [0.05, 0.1) is 11.8 Å². The summed E-state index contributed by atoms with van der Waals surface area (Å²) in [4.78, 5) is 28.5. The molecule has 0 bridgehead atoms. The van der Waals surface area contributed by atoms with E-state index >= 15 is 0 Å². The third kappa shape index (κ3) is 7.38. The summed E-state index contributed by atoms with van der Waals surface area (Å²) in [6.45, 7) is 6.51. The van der Waals surface area contributed by atoms with E-state index < -0.39 is 11.6 Å². The summed E-state index contributed by atoms with van der Waals surface area (Å²) < 4.78 is 7.21. The van der Waals surface area contributed by atoms with Crippen LogP contribution in [0, 0.1) is 0 Å². The molecule has 0 saturated heterocycles. The van der Waals surface area contributed by atoms with Crippen LogP contribution in [0.15, 0.2) is 5.16 Å². The number of rotatable bonds is 9. The number of thioether (sulfide) groups is 1. The van der Waals surface area contributed by atoms with Gasteiger partial charge in [0, 0.05) is 13.1 Å². The van der Waals surface area contributed by atoms with Crippen LogP contribution in [0.25, 0.3) is 0 Å². The number of hydrogen-bond acceptors (Lipinski definition) is 8. The smallest absolute Gasteiger partial charge is 0.326 e. The SMILES string of the molecule is CN(C)CCN(CC(=O)OC(C)(C)C)C(=O)CSc1nnnn1C1CCCC1. The summed E-state index contributed by atoms with van der Waals surface area (Å²) in [5.41, 5.74) is -0.578. The highest BCUT2D eigenvalue weighted by Crippen LogP contribution is 2.31. The molecule has 158 valence electrons. The number of carbonyl (C=O) groups is 2. The molecule has 10 heteroatoms. The molecule has 2 rings (SSSR count). The Labute approximate surface area is 171 Å². The predicted molar refractivity (Wildman–Crippen MR) is 107 cm³/mol. The Balaban J connectivity index is 1.95. The lowest BCUT2D eigenvalue weighted by Gasteiger charge is -2.26. The number of aromatic nitrogens is 4. The number of carbonyl (C=O) groups excluding carboxylic acids is 2. The number of likely N-dealkylation sites (N-methyl/N-ethyl adjacent to an activating group) is 1. The second-order valence-corrected chi connectivity index (χ2v) is 9.28. The fourth-order valence-electron chi connectivity index (χ4n) is 3.02. The van der Waals surface area contributed by atoms with E-state index in [4.69, 9.17) is 4.74 Å². The number of esters is 1. The monoisotopic (exact) mass is 412 g/mol. The highest BCUT2D eigenvalue weighted by atomic mass is 32.2. The first kappa shape index (κ1) is 22.6. The first-order chi connectivity index (χ1) is 13.2. The average Bonchev–Trinajstić information content (AvgIpc) is 3.25. The van der Waals surface area contributed by atoms with Crippen molar-refractivity contribution >= 4 is 23.6 Å². The second-order valence-electron chi connectivity index (χ2n) is 8.34. The van der Waals surface area contributed by atoms with Crippen molar-refractivity contribution in [3.63, 3.8) is 0 Å². The van der Waals surface area contributed by atoms with E-state index in [9.17, 15) is 9.59 Å². The molecule has 0 N–H and O–H groups in total. The molecule has 0 unspecified atom stereocenters. The van der Waals surface area contributed by atoms with Crippen molar-refractivity contribution in [1.82, 2.24) is 30.0 Å². The minimum atomic E-state index is -0.578. The van der Waals surface area contributed by atoms with Crippen LogP contribution < -0.4 is 0 Å². The Bertz CT molecular complexity index is 652. The molecular formula is C18H32N6O3S. The lowest BCUT2D eigenvalue weighted by atomic mass is 10.2. The largest absolute Gasteiger partial charge is 0.459 e. The zero-order valence-corrected chi connectivity index (χ0v) is 18.4. The molecule has 1 heterocycles. The molecule has 1 aliphatic carbocycles. The van der Waals surface area contributed by atoms with Crippen molar-refractivity contribution < 1.29 is 14.3 Å². The third-order valence-corrected chi connectivity index (χ3v) is 5.29. The number of tetrazole rings is 1. The molecule has 0 radical (unpaired) electrons. The quantitative estimate of drug-likeness (QED) is 0.446. The van der Waals surface area contributed by atoms with Crippen LogP contribution >= 0.6 is 11.8 Å². The number of ether oxygens (including phenoxy) is 1. The van der Waals surface area contributed by atoms with Gasteiger partial charge >= 0.3 is 5.97 Å². The lowest BCUT2D eigenvalue weighted by molar-refractivity contribution is -0.158. The molecule has 1 fully saturated rings. The van der Waals surface area contributed by atoms with E-state index in [1.54, 1.807) is 4.90 Å². The van der Waals surface area contributed by atoms with Gasteiger partial charge in [0.1, 0.15) is 12.1 Å². The maximum absolute atomic E-state index is 12.8. The van der Waals surface area contributed by atoms with Gasteiger partial charge in [0.25, 0.3) is 0 Å². The number of amides is 1. The van der Waals surface area contributed by atoms with Gasteiger partial charge < -0.3 is 14.5 Å². The van der Waals surface area contributed by atoms with Gasteiger partial charge in [-0.1, -0.05) is 24.6 Å². The normalized spacial score (nSPS) is 15.2. The number of nitrogens with zero attached hydrogens (tertiary/aromatic N) is 6. The highest BCUT2D eigenvalue weighted by Gasteiger charge is 2.25. The molecule has 1 aromatic rings. The van der Waals surface area contributed by atoms with Crippen LogP contribution in [0.1, 0.15) is 52.5 Å². The molecule has 0 atom stereocenters. The van der Waals surface area contributed by atoms with E-state index in [1.807, 2.05) is 44.4 Å². The predicted octanol–water partition coefficient (Wildman–Crippen LogP) is 1.61. The van der Waals surface area contributed by atoms with Crippen molar-refractivity contribution in [3.05, 3.63) is 0 Å². The number of hydrogen-bond donors (Lipinski definition) is 0. The molecule has 1 saturated carbocycles. The van der Waals surface area contributed by atoms with Gasteiger partial charge in [-0.2, -0.15) is 0 Å². The van der Waals surface area contributed by atoms with Gasteiger partial charge in [-0.25, -0.2) is 4.68 Å². The fraction of sp³-hybridized carbons (Fsp3) is 0.833. The first-order valence-corrected chi connectivity index (χ1v) is 10.7. The van der Waals surface area contributed by atoms with Crippen molar-refractivity contribution in [1.29, 1.82) is 0 Å². The van der Waals surface area contributed by atoms with Gasteiger partial charge in [-0.15, -0.1) is 5.10 Å². The van der Waals surface area contributed by atoms with Gasteiger partial charge in [0.2, 0.25) is 11.1 Å². The third-order valence-electron chi connectivity index (χ3n) is 4.37. The molecule has 9 nitrogen and oxygen atoms in total. The van der Waals surface area contributed by atoms with Crippen LogP contribution in [0.3, 0.4) is 0 Å². The Hall–Kier alpha value is -1.68. The van der Waals surface area contributed by atoms with Crippen LogP contribution in [0.4, 0.5) is 0 Å². The van der Waals surface area contributed by atoms with Crippen molar-refractivity contribution in [2.45, 2.75) is 63.3 Å². The van der Waals surface area contributed by atoms with Gasteiger partial charge in [0.15, 0.2) is 0 Å². The summed E-state index contributed by atoms with van der Waals surface area (Å²) in [5.74, 6) is -0.345. The maximum atomic E-state index is 12.8. The van der Waals surface area contributed by atoms with E-state index in [1.165, 1.54) is 24.6 Å². The molecule has 1 aliphatic rings. The first-order valence-electron chi connectivity index (χ1n) is 9.71. The average molecular weight is 413 g/mol. The molecule has 0 aliphatic heterocycles. The van der Waals surface area contributed by atoms with E-state index in [-0.39, 0.29) is 18.2 Å². The van der Waals surface area contributed by atoms with Crippen molar-refractivity contribution in [2.75, 3.05) is 39.5 Å². The second kappa shape index (κ2) is 10.2. The molecule has 1 aromatic heterocycles. The molecule has 0 aromatic carbocycles. The van der Waals surface area contributed by atoms with Crippen LogP contribution in [0.2, 0.25) is 0 Å². The lowest BCUT2D eigenvalue weighted by Crippen LogP contribution is -2.42. The van der Waals surface area contributed by atoms with Crippen LogP contribution in [0.5, 0.6) is 0 Å². The molecule has 0 spiro atoms. The Kier molecular flexibility index (Phi) is 8.23. The Morgan fingerprint density at radius 1 is 1.21 bits per heavy atom. The summed E-state index contributed by atoms with van der Waals surface area (Å²) >= 11 is 1.32. The van der Waals surface area contributed by atoms with Crippen molar-refractivity contribution in [3.8, 4) is 0 Å². The standard InChI is InChI=1S/C18H32N6O3S/c1-18(2,3)27-16(26)12-23(11-10-22(4)5)15(25)13-28-17-19-20-21-24(17)14-8-6-7-9-14/h14H,6-13H2,1-5H3. The zero-order valence-electron chi connectivity index (χ0n) is 17.6. The summed E-state index contributed by atoms with van der Waals surface area (Å²) in [7, 11) is 3.86. The molecule has 28 heavy (non-hydrogen) atoms. The van der Waals surface area contributed by atoms with E-state index in [2.05, 4.69) is 15.5 Å². The summed E-state index contributed by atoms with van der Waals surface area (Å²) in [5, 5.41) is 12.6. The summed E-state index contributed by atoms with van der Waals surface area (Å²) in [6, 6.07) is 0.319. The van der Waals surface area contributed by atoms with E-state index in [0.29, 0.717) is 24.3 Å².